The highest BCUT2D eigenvalue weighted by Crippen LogP contribution is 2.24. The summed E-state index contributed by atoms with van der Waals surface area (Å²) in [4.78, 5) is 13.4. The van der Waals surface area contributed by atoms with E-state index in [4.69, 9.17) is 10.1 Å². The summed E-state index contributed by atoms with van der Waals surface area (Å²) in [5.74, 6) is 0.131. The third-order valence-electron chi connectivity index (χ3n) is 3.00. The SMILES string of the molecule is CCOC(=O)C(C)N1Cc2ccccc2C1=N. The predicted molar refractivity (Wildman–Crippen MR) is 64.9 cm³/mol. The van der Waals surface area contributed by atoms with Gasteiger partial charge in [0.1, 0.15) is 11.9 Å². The lowest BCUT2D eigenvalue weighted by Gasteiger charge is -2.24. The van der Waals surface area contributed by atoms with E-state index in [1.165, 1.54) is 0 Å². The van der Waals surface area contributed by atoms with Gasteiger partial charge in [-0.2, -0.15) is 0 Å². The number of ether oxygens (including phenoxy) is 1. The Morgan fingerprint density at radius 1 is 1.53 bits per heavy atom. The molecule has 1 heterocycles. The van der Waals surface area contributed by atoms with Crippen molar-refractivity contribution in [1.82, 2.24) is 4.90 Å². The highest BCUT2D eigenvalue weighted by Gasteiger charge is 2.31. The number of carbonyl (C=O) groups excluding carboxylic acids is 1. The van der Waals surface area contributed by atoms with Crippen molar-refractivity contribution in [3.05, 3.63) is 35.4 Å². The highest BCUT2D eigenvalue weighted by molar-refractivity contribution is 6.02. The van der Waals surface area contributed by atoms with Crippen molar-refractivity contribution >= 4 is 11.8 Å². The van der Waals surface area contributed by atoms with Gasteiger partial charge in [0.25, 0.3) is 0 Å². The maximum absolute atomic E-state index is 11.7. The van der Waals surface area contributed by atoms with E-state index in [2.05, 4.69) is 0 Å². The van der Waals surface area contributed by atoms with Gasteiger partial charge >= 0.3 is 5.97 Å². The largest absolute Gasteiger partial charge is 0.464 e. The van der Waals surface area contributed by atoms with Gasteiger partial charge in [-0.3, -0.25) is 5.41 Å². The Balaban J connectivity index is 2.17. The Morgan fingerprint density at radius 3 is 2.88 bits per heavy atom. The Kier molecular flexibility index (Phi) is 3.13. The zero-order chi connectivity index (χ0) is 12.4. The average molecular weight is 232 g/mol. The molecule has 0 spiro atoms. The van der Waals surface area contributed by atoms with Gasteiger partial charge < -0.3 is 9.64 Å². The van der Waals surface area contributed by atoms with Crippen molar-refractivity contribution < 1.29 is 9.53 Å². The van der Waals surface area contributed by atoms with Crippen molar-refractivity contribution in [1.29, 1.82) is 5.41 Å². The van der Waals surface area contributed by atoms with Crippen molar-refractivity contribution in [3.63, 3.8) is 0 Å². The highest BCUT2D eigenvalue weighted by atomic mass is 16.5. The number of benzene rings is 1. The molecule has 0 saturated heterocycles. The third kappa shape index (κ3) is 2.02. The van der Waals surface area contributed by atoms with Crippen molar-refractivity contribution in [2.45, 2.75) is 26.4 Å². The molecule has 4 heteroatoms. The molecule has 1 atom stereocenters. The molecule has 1 aromatic carbocycles. The van der Waals surface area contributed by atoms with Gasteiger partial charge in [0.05, 0.1) is 6.61 Å². The van der Waals surface area contributed by atoms with Crippen LogP contribution in [-0.2, 0) is 16.1 Å². The fraction of sp³-hybridized carbons (Fsp3) is 0.385. The zero-order valence-electron chi connectivity index (χ0n) is 10.1. The lowest BCUT2D eigenvalue weighted by Crippen LogP contribution is -2.40. The smallest absolute Gasteiger partial charge is 0.328 e. The molecule has 17 heavy (non-hydrogen) atoms. The second kappa shape index (κ2) is 4.57. The molecule has 0 amide bonds. The second-order valence-electron chi connectivity index (χ2n) is 4.06. The number of hydrogen-bond donors (Lipinski definition) is 1. The van der Waals surface area contributed by atoms with Gasteiger partial charge in [0, 0.05) is 12.1 Å². The van der Waals surface area contributed by atoms with Crippen LogP contribution in [0.1, 0.15) is 25.0 Å². The van der Waals surface area contributed by atoms with E-state index >= 15 is 0 Å². The topological polar surface area (TPSA) is 53.4 Å². The first-order chi connectivity index (χ1) is 8.15. The van der Waals surface area contributed by atoms with Gasteiger partial charge in [-0.25, -0.2) is 4.79 Å². The van der Waals surface area contributed by atoms with E-state index in [-0.39, 0.29) is 5.97 Å². The van der Waals surface area contributed by atoms with Crippen LogP contribution < -0.4 is 0 Å². The van der Waals surface area contributed by atoms with Crippen LogP contribution in [0.2, 0.25) is 0 Å². The monoisotopic (exact) mass is 232 g/mol. The van der Waals surface area contributed by atoms with Crippen LogP contribution in [0.5, 0.6) is 0 Å². The molecule has 1 aliphatic heterocycles. The van der Waals surface area contributed by atoms with Crippen molar-refractivity contribution in [2.24, 2.45) is 0 Å². The molecule has 0 aliphatic carbocycles. The third-order valence-corrected chi connectivity index (χ3v) is 3.00. The number of amidine groups is 1. The molecule has 1 unspecified atom stereocenters. The van der Waals surface area contributed by atoms with Crippen LogP contribution in [0, 0.1) is 5.41 Å². The minimum atomic E-state index is -0.408. The van der Waals surface area contributed by atoms with Gasteiger partial charge in [0.15, 0.2) is 0 Å². The minimum absolute atomic E-state index is 0.273. The number of carbonyl (C=O) groups is 1. The normalized spacial score (nSPS) is 15.6. The first-order valence-electron chi connectivity index (χ1n) is 5.75. The summed E-state index contributed by atoms with van der Waals surface area (Å²) in [6.07, 6.45) is 0. The quantitative estimate of drug-likeness (QED) is 0.808. The summed E-state index contributed by atoms with van der Waals surface area (Å²) >= 11 is 0. The standard InChI is InChI=1S/C13H16N2O2/c1-3-17-13(16)9(2)15-8-10-6-4-5-7-11(10)12(15)14/h4-7,9,14H,3,8H2,1-2H3. The number of nitrogens with zero attached hydrogens (tertiary/aromatic N) is 1. The molecule has 0 bridgehead atoms. The first-order valence-corrected chi connectivity index (χ1v) is 5.75. The van der Waals surface area contributed by atoms with E-state index in [0.717, 1.165) is 11.1 Å². The maximum Gasteiger partial charge on any atom is 0.328 e. The summed E-state index contributed by atoms with van der Waals surface area (Å²) in [5, 5.41) is 8.06. The summed E-state index contributed by atoms with van der Waals surface area (Å²) in [7, 11) is 0. The molecular formula is C13H16N2O2. The first kappa shape index (κ1) is 11.6. The molecule has 0 radical (unpaired) electrons. The summed E-state index contributed by atoms with van der Waals surface area (Å²) < 4.78 is 4.99. The van der Waals surface area contributed by atoms with Gasteiger partial charge in [-0.15, -0.1) is 0 Å². The Labute approximate surface area is 101 Å². The summed E-state index contributed by atoms with van der Waals surface area (Å²) in [6, 6.07) is 7.35. The molecule has 2 rings (SSSR count). The van der Waals surface area contributed by atoms with E-state index < -0.39 is 6.04 Å². The lowest BCUT2D eigenvalue weighted by molar-refractivity contribution is -0.147. The number of hydrogen-bond acceptors (Lipinski definition) is 3. The zero-order valence-corrected chi connectivity index (χ0v) is 10.1. The fourth-order valence-electron chi connectivity index (χ4n) is 2.03. The van der Waals surface area contributed by atoms with E-state index in [9.17, 15) is 4.79 Å². The maximum atomic E-state index is 11.7. The molecule has 1 aromatic rings. The van der Waals surface area contributed by atoms with Crippen molar-refractivity contribution in [3.8, 4) is 0 Å². The molecule has 90 valence electrons. The van der Waals surface area contributed by atoms with E-state index in [1.54, 1.807) is 18.7 Å². The molecule has 0 saturated carbocycles. The number of rotatable bonds is 3. The second-order valence-corrected chi connectivity index (χ2v) is 4.06. The molecule has 0 aromatic heterocycles. The Bertz CT molecular complexity index is 456. The van der Waals surface area contributed by atoms with Gasteiger partial charge in [-0.1, -0.05) is 24.3 Å². The van der Waals surface area contributed by atoms with Crippen LogP contribution in [0.4, 0.5) is 0 Å². The van der Waals surface area contributed by atoms with Crippen LogP contribution in [0.3, 0.4) is 0 Å². The predicted octanol–water partition coefficient (Wildman–Crippen LogP) is 1.78. The molecule has 0 fully saturated rings. The number of esters is 1. The van der Waals surface area contributed by atoms with Gasteiger partial charge in [0.2, 0.25) is 0 Å². The van der Waals surface area contributed by atoms with E-state index in [0.29, 0.717) is 19.0 Å². The fourth-order valence-corrected chi connectivity index (χ4v) is 2.03. The van der Waals surface area contributed by atoms with Crippen LogP contribution in [-0.4, -0.2) is 29.4 Å². The summed E-state index contributed by atoms with van der Waals surface area (Å²) in [5.41, 5.74) is 2.00. The minimum Gasteiger partial charge on any atom is -0.464 e. The number of fused-ring (bicyclic) bond motifs is 1. The van der Waals surface area contributed by atoms with Crippen LogP contribution >= 0.6 is 0 Å². The van der Waals surface area contributed by atoms with Gasteiger partial charge in [-0.05, 0) is 19.4 Å². The average Bonchev–Trinajstić information content (AvgIpc) is 2.67. The molecular weight excluding hydrogens is 216 g/mol. The van der Waals surface area contributed by atoms with Crippen LogP contribution in [0.15, 0.2) is 24.3 Å². The Morgan fingerprint density at radius 2 is 2.24 bits per heavy atom. The van der Waals surface area contributed by atoms with Crippen molar-refractivity contribution in [2.75, 3.05) is 6.61 Å². The molecule has 1 aliphatic rings. The lowest BCUT2D eigenvalue weighted by atomic mass is 10.1. The number of nitrogens with one attached hydrogen (secondary N) is 1. The van der Waals surface area contributed by atoms with E-state index in [1.807, 2.05) is 24.3 Å². The summed E-state index contributed by atoms with van der Waals surface area (Å²) in [6.45, 7) is 4.54. The molecule has 4 nitrogen and oxygen atoms in total. The van der Waals surface area contributed by atoms with Crippen LogP contribution in [0.25, 0.3) is 0 Å². The molecule has 1 N–H and O–H groups in total. The Hall–Kier alpha value is -1.84.